The van der Waals surface area contributed by atoms with E-state index < -0.39 is 0 Å². The maximum absolute atomic E-state index is 12.8. The van der Waals surface area contributed by atoms with Crippen molar-refractivity contribution in [2.75, 3.05) is 17.7 Å². The lowest BCUT2D eigenvalue weighted by molar-refractivity contribution is -0.112. The Balaban J connectivity index is 1.53. The zero-order valence-corrected chi connectivity index (χ0v) is 21.4. The number of hydrogen-bond donors (Lipinski definition) is 4. The summed E-state index contributed by atoms with van der Waals surface area (Å²) in [5, 5.41) is 16.1. The van der Waals surface area contributed by atoms with Crippen molar-refractivity contribution in [2.45, 2.75) is 25.8 Å². The van der Waals surface area contributed by atoms with Crippen LogP contribution in [0.15, 0.2) is 67.0 Å². The standard InChI is InChI=1S/C29H30N6O3/c1-16(2)28(37)33-21-12-10-19(11-13-21)25-23(24-26(30)31-15-32-27(24)35(25)3)18-6-8-20(9-7-18)29(38)34-22(14-36)17-4-5-17/h6-13,15,17,22,36H,1,4-5,14H2,2-3H3,(H,33,37)(H,34,38)(H2,30,31,32)/t22-/m0/s1. The third kappa shape index (κ3) is 4.76. The summed E-state index contributed by atoms with van der Waals surface area (Å²) < 4.78 is 1.96. The van der Waals surface area contributed by atoms with Gasteiger partial charge in [-0.15, -0.1) is 0 Å². The smallest absolute Gasteiger partial charge is 0.251 e. The molecule has 2 aromatic heterocycles. The summed E-state index contributed by atoms with van der Waals surface area (Å²) >= 11 is 0. The van der Waals surface area contributed by atoms with Crippen LogP contribution < -0.4 is 16.4 Å². The van der Waals surface area contributed by atoms with Crippen LogP contribution in [0.2, 0.25) is 0 Å². The molecule has 0 radical (unpaired) electrons. The fourth-order valence-electron chi connectivity index (χ4n) is 4.70. The monoisotopic (exact) mass is 510 g/mol. The van der Waals surface area contributed by atoms with Gasteiger partial charge in [0, 0.05) is 29.4 Å². The molecule has 2 aromatic carbocycles. The van der Waals surface area contributed by atoms with Gasteiger partial charge >= 0.3 is 0 Å². The van der Waals surface area contributed by atoms with Crippen molar-refractivity contribution in [1.82, 2.24) is 19.9 Å². The van der Waals surface area contributed by atoms with E-state index in [0.717, 1.165) is 40.6 Å². The molecule has 1 aliphatic rings. The van der Waals surface area contributed by atoms with Gasteiger partial charge in [0.1, 0.15) is 17.8 Å². The van der Waals surface area contributed by atoms with Crippen molar-refractivity contribution in [1.29, 1.82) is 0 Å². The number of hydrogen-bond acceptors (Lipinski definition) is 6. The Hall–Kier alpha value is -4.50. The van der Waals surface area contributed by atoms with Crippen molar-refractivity contribution in [3.63, 3.8) is 0 Å². The largest absolute Gasteiger partial charge is 0.394 e. The molecular formula is C29H30N6O3. The first-order valence-electron chi connectivity index (χ1n) is 12.5. The maximum atomic E-state index is 12.8. The minimum atomic E-state index is -0.238. The summed E-state index contributed by atoms with van der Waals surface area (Å²) in [5.74, 6) is 0.257. The van der Waals surface area contributed by atoms with E-state index in [1.165, 1.54) is 6.33 Å². The number of carbonyl (C=O) groups excluding carboxylic acids is 2. The average Bonchev–Trinajstić information content (AvgIpc) is 3.72. The molecule has 0 saturated heterocycles. The topological polar surface area (TPSA) is 135 Å². The summed E-state index contributed by atoms with van der Waals surface area (Å²) in [6.45, 7) is 5.27. The number of aliphatic hydroxyl groups excluding tert-OH is 1. The van der Waals surface area contributed by atoms with Crippen molar-refractivity contribution in [3.8, 4) is 22.4 Å². The van der Waals surface area contributed by atoms with Gasteiger partial charge in [0.2, 0.25) is 0 Å². The zero-order chi connectivity index (χ0) is 27.0. The maximum Gasteiger partial charge on any atom is 0.251 e. The number of rotatable bonds is 8. The van der Waals surface area contributed by atoms with Crippen LogP contribution in [0.5, 0.6) is 0 Å². The molecule has 0 spiro atoms. The number of aryl methyl sites for hydroxylation is 1. The third-order valence-corrected chi connectivity index (χ3v) is 6.94. The summed E-state index contributed by atoms with van der Waals surface area (Å²) in [7, 11) is 1.92. The molecule has 9 heteroatoms. The third-order valence-electron chi connectivity index (χ3n) is 6.94. The van der Waals surface area contributed by atoms with E-state index in [9.17, 15) is 14.7 Å². The predicted octanol–water partition coefficient (Wildman–Crippen LogP) is 3.90. The number of aromatic nitrogens is 3. The first-order chi connectivity index (χ1) is 18.3. The fraction of sp³-hybridized carbons (Fsp3) is 0.241. The number of nitrogens with zero attached hydrogens (tertiary/aromatic N) is 3. The molecule has 2 heterocycles. The van der Waals surface area contributed by atoms with Gasteiger partial charge in [-0.05, 0) is 61.1 Å². The molecule has 2 amide bonds. The van der Waals surface area contributed by atoms with E-state index in [0.29, 0.717) is 34.2 Å². The lowest BCUT2D eigenvalue weighted by Crippen LogP contribution is -2.39. The van der Waals surface area contributed by atoms with Crippen LogP contribution in [-0.4, -0.2) is 44.1 Å². The van der Waals surface area contributed by atoms with E-state index in [1.54, 1.807) is 19.1 Å². The van der Waals surface area contributed by atoms with Gasteiger partial charge in [-0.1, -0.05) is 30.8 Å². The van der Waals surface area contributed by atoms with Crippen molar-refractivity contribution >= 4 is 34.4 Å². The van der Waals surface area contributed by atoms with E-state index in [4.69, 9.17) is 5.73 Å². The van der Waals surface area contributed by atoms with Gasteiger partial charge in [-0.3, -0.25) is 9.59 Å². The summed E-state index contributed by atoms with van der Waals surface area (Å²) in [6.07, 6.45) is 3.49. The summed E-state index contributed by atoms with van der Waals surface area (Å²) in [4.78, 5) is 33.5. The molecule has 9 nitrogen and oxygen atoms in total. The quantitative estimate of drug-likeness (QED) is 0.266. The van der Waals surface area contributed by atoms with E-state index >= 15 is 0 Å². The number of nitrogens with one attached hydrogen (secondary N) is 2. The molecule has 194 valence electrons. The van der Waals surface area contributed by atoms with Gasteiger partial charge in [0.25, 0.3) is 11.8 Å². The number of carbonyl (C=O) groups is 2. The molecule has 0 unspecified atom stereocenters. The molecule has 4 aromatic rings. The van der Waals surface area contributed by atoms with Crippen molar-refractivity contribution < 1.29 is 14.7 Å². The van der Waals surface area contributed by atoms with Crippen LogP contribution >= 0.6 is 0 Å². The van der Waals surface area contributed by atoms with E-state index in [2.05, 4.69) is 27.2 Å². The molecule has 0 bridgehead atoms. The number of amides is 2. The van der Waals surface area contributed by atoms with Gasteiger partial charge in [0.05, 0.1) is 23.7 Å². The molecule has 1 saturated carbocycles. The highest BCUT2D eigenvalue weighted by Crippen LogP contribution is 2.41. The van der Waals surface area contributed by atoms with Crippen LogP contribution in [0.25, 0.3) is 33.4 Å². The molecule has 1 aliphatic carbocycles. The lowest BCUT2D eigenvalue weighted by atomic mass is 9.97. The minimum absolute atomic E-state index is 0.0667. The Morgan fingerprint density at radius 2 is 1.76 bits per heavy atom. The Morgan fingerprint density at radius 1 is 1.11 bits per heavy atom. The molecule has 1 atom stereocenters. The van der Waals surface area contributed by atoms with Gasteiger partial charge in [-0.2, -0.15) is 0 Å². The predicted molar refractivity (Wildman–Crippen MR) is 148 cm³/mol. The molecule has 5 rings (SSSR count). The number of aliphatic hydroxyl groups is 1. The zero-order valence-electron chi connectivity index (χ0n) is 21.4. The molecule has 0 aliphatic heterocycles. The second-order valence-electron chi connectivity index (χ2n) is 9.73. The number of nitrogen functional groups attached to an aromatic ring is 1. The molecule has 38 heavy (non-hydrogen) atoms. The van der Waals surface area contributed by atoms with Crippen LogP contribution in [0, 0.1) is 5.92 Å². The Labute approximate surface area is 220 Å². The summed E-state index contributed by atoms with van der Waals surface area (Å²) in [6, 6.07) is 14.6. The second-order valence-corrected chi connectivity index (χ2v) is 9.73. The fourth-order valence-corrected chi connectivity index (χ4v) is 4.70. The van der Waals surface area contributed by atoms with Gasteiger partial charge < -0.3 is 26.0 Å². The Morgan fingerprint density at radius 3 is 2.37 bits per heavy atom. The Bertz CT molecular complexity index is 1540. The van der Waals surface area contributed by atoms with Crippen molar-refractivity contribution in [3.05, 3.63) is 72.6 Å². The summed E-state index contributed by atoms with van der Waals surface area (Å²) in [5.41, 5.74) is 12.1. The Kier molecular flexibility index (Phi) is 6.69. The SMILES string of the molecule is C=C(C)C(=O)Nc1ccc(-c2c(-c3ccc(C(=O)N[C@@H](CO)C4CC4)cc3)c3c(N)ncnc3n2C)cc1. The normalized spacial score (nSPS) is 13.8. The van der Waals surface area contributed by atoms with E-state index in [-0.39, 0.29) is 24.5 Å². The number of anilines is 2. The van der Waals surface area contributed by atoms with Crippen LogP contribution in [0.4, 0.5) is 11.5 Å². The van der Waals surface area contributed by atoms with Crippen LogP contribution in [-0.2, 0) is 11.8 Å². The van der Waals surface area contributed by atoms with E-state index in [1.807, 2.05) is 48.0 Å². The molecular weight excluding hydrogens is 480 g/mol. The van der Waals surface area contributed by atoms with Crippen LogP contribution in [0.1, 0.15) is 30.1 Å². The number of fused-ring (bicyclic) bond motifs is 1. The molecule has 1 fully saturated rings. The minimum Gasteiger partial charge on any atom is -0.394 e. The highest BCUT2D eigenvalue weighted by molar-refractivity contribution is 6.08. The average molecular weight is 511 g/mol. The first-order valence-corrected chi connectivity index (χ1v) is 12.5. The number of benzene rings is 2. The van der Waals surface area contributed by atoms with Gasteiger partial charge in [-0.25, -0.2) is 9.97 Å². The highest BCUT2D eigenvalue weighted by Gasteiger charge is 2.32. The highest BCUT2D eigenvalue weighted by atomic mass is 16.3. The number of nitrogens with two attached hydrogens (primary N) is 1. The van der Waals surface area contributed by atoms with Crippen LogP contribution in [0.3, 0.4) is 0 Å². The second kappa shape index (κ2) is 10.1. The first kappa shape index (κ1) is 25.2. The van der Waals surface area contributed by atoms with Crippen molar-refractivity contribution in [2.24, 2.45) is 13.0 Å². The van der Waals surface area contributed by atoms with Gasteiger partial charge in [0.15, 0.2) is 0 Å². The molecule has 5 N–H and O–H groups in total. The lowest BCUT2D eigenvalue weighted by Gasteiger charge is -2.15.